The van der Waals surface area contributed by atoms with Gasteiger partial charge in [0.1, 0.15) is 5.69 Å². The van der Waals surface area contributed by atoms with E-state index in [9.17, 15) is 4.79 Å². The molecule has 0 saturated carbocycles. The minimum atomic E-state index is 0.537. The third-order valence-electron chi connectivity index (χ3n) is 4.13. The van der Waals surface area contributed by atoms with Gasteiger partial charge in [-0.05, 0) is 36.8 Å². The molecule has 0 N–H and O–H groups in total. The molecule has 4 nitrogen and oxygen atoms in total. The molecule has 2 heterocycles. The third-order valence-corrected chi connectivity index (χ3v) is 4.66. The number of hydrogen-bond acceptors (Lipinski definition) is 3. The minimum absolute atomic E-state index is 0.537. The van der Waals surface area contributed by atoms with Crippen molar-refractivity contribution >= 4 is 33.1 Å². The molecule has 4 aromatic rings. The van der Waals surface area contributed by atoms with Crippen LogP contribution in [0.5, 0.6) is 0 Å². The standard InChI is InChI=1S/C20H14BrN3O/c1-13-10-19(22-18-5-3-2-4-17(13)18)24-11-15(12-25)20(23-24)14-6-8-16(21)9-7-14/h2-12H,1H3. The van der Waals surface area contributed by atoms with E-state index in [1.165, 1.54) is 0 Å². The SMILES string of the molecule is Cc1cc(-n2cc(C=O)c(-c3ccc(Br)cc3)n2)nc2ccccc12. The molecule has 0 radical (unpaired) electrons. The molecule has 0 saturated heterocycles. The van der Waals surface area contributed by atoms with Gasteiger partial charge in [-0.15, -0.1) is 0 Å². The minimum Gasteiger partial charge on any atom is -0.298 e. The van der Waals surface area contributed by atoms with Gasteiger partial charge in [0.25, 0.3) is 0 Å². The van der Waals surface area contributed by atoms with Crippen molar-refractivity contribution in [1.82, 2.24) is 14.8 Å². The molecule has 0 bridgehead atoms. The molecule has 0 atom stereocenters. The van der Waals surface area contributed by atoms with Crippen molar-refractivity contribution < 1.29 is 4.79 Å². The van der Waals surface area contributed by atoms with Crippen molar-refractivity contribution in [2.75, 3.05) is 0 Å². The number of pyridine rings is 1. The second kappa shape index (κ2) is 6.26. The van der Waals surface area contributed by atoms with Crippen molar-refractivity contribution in [2.45, 2.75) is 6.92 Å². The fraction of sp³-hybridized carbons (Fsp3) is 0.0500. The summed E-state index contributed by atoms with van der Waals surface area (Å²) in [6, 6.07) is 17.7. The number of carbonyl (C=O) groups excluding carboxylic acids is 1. The van der Waals surface area contributed by atoms with E-state index in [-0.39, 0.29) is 0 Å². The summed E-state index contributed by atoms with van der Waals surface area (Å²) in [7, 11) is 0. The molecule has 2 aromatic heterocycles. The first-order valence-corrected chi connectivity index (χ1v) is 8.62. The Kier molecular flexibility index (Phi) is 3.93. The van der Waals surface area contributed by atoms with Crippen LogP contribution in [0.3, 0.4) is 0 Å². The Morgan fingerprint density at radius 2 is 1.84 bits per heavy atom. The second-order valence-corrected chi connectivity index (χ2v) is 6.73. The van der Waals surface area contributed by atoms with Gasteiger partial charge in [-0.2, -0.15) is 5.10 Å². The van der Waals surface area contributed by atoms with E-state index in [1.54, 1.807) is 10.9 Å². The van der Waals surface area contributed by atoms with Gasteiger partial charge in [-0.25, -0.2) is 9.67 Å². The molecule has 0 aliphatic rings. The predicted molar refractivity (Wildman–Crippen MR) is 102 cm³/mol. The largest absolute Gasteiger partial charge is 0.298 e. The van der Waals surface area contributed by atoms with E-state index in [1.807, 2.05) is 55.5 Å². The molecule has 0 aliphatic carbocycles. The van der Waals surface area contributed by atoms with E-state index in [0.717, 1.165) is 32.8 Å². The molecule has 4 rings (SSSR count). The van der Waals surface area contributed by atoms with E-state index < -0.39 is 0 Å². The van der Waals surface area contributed by atoms with Crippen LogP contribution in [0, 0.1) is 6.92 Å². The van der Waals surface area contributed by atoms with Gasteiger partial charge in [-0.1, -0.05) is 46.3 Å². The lowest BCUT2D eigenvalue weighted by molar-refractivity contribution is 0.112. The number of aryl methyl sites for hydroxylation is 1. The van der Waals surface area contributed by atoms with Crippen LogP contribution in [0.15, 0.2) is 65.3 Å². The van der Waals surface area contributed by atoms with Crippen molar-refractivity contribution in [1.29, 1.82) is 0 Å². The summed E-state index contributed by atoms with van der Waals surface area (Å²) in [4.78, 5) is 16.2. The molecule has 122 valence electrons. The molecular formula is C20H14BrN3O. The molecule has 0 amide bonds. The zero-order chi connectivity index (χ0) is 17.4. The Morgan fingerprint density at radius 1 is 1.08 bits per heavy atom. The number of aromatic nitrogens is 3. The Balaban J connectivity index is 1.87. The lowest BCUT2D eigenvalue weighted by atomic mass is 10.1. The van der Waals surface area contributed by atoms with Gasteiger partial charge in [0.05, 0.1) is 11.1 Å². The highest BCUT2D eigenvalue weighted by molar-refractivity contribution is 9.10. The molecule has 0 aliphatic heterocycles. The van der Waals surface area contributed by atoms with Crippen molar-refractivity contribution in [3.63, 3.8) is 0 Å². The van der Waals surface area contributed by atoms with Crippen LogP contribution in [0.4, 0.5) is 0 Å². The summed E-state index contributed by atoms with van der Waals surface area (Å²) >= 11 is 3.42. The highest BCUT2D eigenvalue weighted by atomic mass is 79.9. The summed E-state index contributed by atoms with van der Waals surface area (Å²) in [5.41, 5.74) is 4.10. The maximum absolute atomic E-state index is 11.5. The van der Waals surface area contributed by atoms with Crippen LogP contribution in [-0.4, -0.2) is 21.1 Å². The maximum Gasteiger partial charge on any atom is 0.154 e. The predicted octanol–water partition coefficient (Wildman–Crippen LogP) is 4.97. The first kappa shape index (κ1) is 15.7. The monoisotopic (exact) mass is 391 g/mol. The van der Waals surface area contributed by atoms with Gasteiger partial charge in [0.2, 0.25) is 0 Å². The fourth-order valence-electron chi connectivity index (χ4n) is 2.87. The Labute approximate surface area is 153 Å². The molecule has 25 heavy (non-hydrogen) atoms. The van der Waals surface area contributed by atoms with Gasteiger partial charge in [0, 0.05) is 21.6 Å². The lowest BCUT2D eigenvalue weighted by Crippen LogP contribution is -1.99. The van der Waals surface area contributed by atoms with Crippen LogP contribution in [0.25, 0.3) is 28.0 Å². The second-order valence-electron chi connectivity index (χ2n) is 5.82. The topological polar surface area (TPSA) is 47.8 Å². The first-order valence-electron chi connectivity index (χ1n) is 7.83. The van der Waals surface area contributed by atoms with Crippen LogP contribution < -0.4 is 0 Å². The molecule has 5 heteroatoms. The van der Waals surface area contributed by atoms with Crippen LogP contribution in [0.1, 0.15) is 15.9 Å². The number of aldehydes is 1. The fourth-order valence-corrected chi connectivity index (χ4v) is 3.14. The Morgan fingerprint density at radius 3 is 2.60 bits per heavy atom. The number of carbonyl (C=O) groups is 1. The summed E-state index contributed by atoms with van der Waals surface area (Å²) < 4.78 is 2.65. The average molecular weight is 392 g/mol. The van der Waals surface area contributed by atoms with E-state index >= 15 is 0 Å². The molecule has 0 unspecified atom stereocenters. The highest BCUT2D eigenvalue weighted by Gasteiger charge is 2.13. The summed E-state index contributed by atoms with van der Waals surface area (Å²) in [6.07, 6.45) is 2.55. The van der Waals surface area contributed by atoms with Gasteiger partial charge in [0.15, 0.2) is 12.1 Å². The highest BCUT2D eigenvalue weighted by Crippen LogP contribution is 2.25. The molecule has 2 aromatic carbocycles. The van der Waals surface area contributed by atoms with E-state index in [2.05, 4.69) is 32.1 Å². The lowest BCUT2D eigenvalue weighted by Gasteiger charge is -2.06. The van der Waals surface area contributed by atoms with Crippen LogP contribution in [0.2, 0.25) is 0 Å². The summed E-state index contributed by atoms with van der Waals surface area (Å²) in [6.45, 7) is 2.05. The molecular weight excluding hydrogens is 378 g/mol. The first-order chi connectivity index (χ1) is 12.2. The van der Waals surface area contributed by atoms with Crippen molar-refractivity contribution in [3.05, 3.63) is 76.4 Å². The van der Waals surface area contributed by atoms with Gasteiger partial charge < -0.3 is 0 Å². The average Bonchev–Trinajstić information content (AvgIpc) is 3.07. The summed E-state index contributed by atoms with van der Waals surface area (Å²) in [5, 5.41) is 5.72. The third kappa shape index (κ3) is 2.87. The smallest absolute Gasteiger partial charge is 0.154 e. The molecule has 0 fully saturated rings. The van der Waals surface area contributed by atoms with E-state index in [4.69, 9.17) is 0 Å². The van der Waals surface area contributed by atoms with Crippen LogP contribution >= 0.6 is 15.9 Å². The number of fused-ring (bicyclic) bond motifs is 1. The maximum atomic E-state index is 11.5. The van der Waals surface area contributed by atoms with Crippen molar-refractivity contribution in [3.8, 4) is 17.1 Å². The van der Waals surface area contributed by atoms with Gasteiger partial charge >= 0.3 is 0 Å². The summed E-state index contributed by atoms with van der Waals surface area (Å²) in [5.74, 6) is 0.697. The number of benzene rings is 2. The zero-order valence-corrected chi connectivity index (χ0v) is 15.1. The Bertz CT molecular complexity index is 1080. The van der Waals surface area contributed by atoms with Crippen LogP contribution in [-0.2, 0) is 0 Å². The van der Waals surface area contributed by atoms with Gasteiger partial charge in [-0.3, -0.25) is 4.79 Å². The number of rotatable bonds is 3. The number of hydrogen-bond donors (Lipinski definition) is 0. The zero-order valence-electron chi connectivity index (χ0n) is 13.5. The van der Waals surface area contributed by atoms with E-state index in [0.29, 0.717) is 17.1 Å². The van der Waals surface area contributed by atoms with Crippen molar-refractivity contribution in [2.24, 2.45) is 0 Å². The quantitative estimate of drug-likeness (QED) is 0.463. The Hall–Kier alpha value is -2.79. The number of nitrogens with zero attached hydrogens (tertiary/aromatic N) is 3. The molecule has 0 spiro atoms. The number of para-hydroxylation sites is 1. The normalized spacial score (nSPS) is 11.0. The number of halogens is 1.